The van der Waals surface area contributed by atoms with E-state index in [-0.39, 0.29) is 23.6 Å². The molecule has 0 aliphatic rings. The molecule has 0 aromatic carbocycles. The number of pyridine rings is 1. The number of aryl methyl sites for hydroxylation is 1. The summed E-state index contributed by atoms with van der Waals surface area (Å²) >= 11 is 5.84. The summed E-state index contributed by atoms with van der Waals surface area (Å²) in [6, 6.07) is 5.64. The number of esters is 1. The van der Waals surface area contributed by atoms with Gasteiger partial charge in [-0.3, -0.25) is 9.20 Å². The van der Waals surface area contributed by atoms with Crippen molar-refractivity contribution in [2.75, 3.05) is 0 Å². The predicted octanol–water partition coefficient (Wildman–Crippen LogP) is 3.69. The van der Waals surface area contributed by atoms with Crippen molar-refractivity contribution in [3.8, 4) is 0 Å². The molecule has 0 saturated carbocycles. The van der Waals surface area contributed by atoms with E-state index in [4.69, 9.17) is 16.3 Å². The molecule has 0 atom stereocenters. The van der Waals surface area contributed by atoms with Crippen molar-refractivity contribution in [2.45, 2.75) is 33.2 Å². The van der Waals surface area contributed by atoms with Crippen LogP contribution in [0.15, 0.2) is 35.3 Å². The Morgan fingerprint density at radius 3 is 2.64 bits per heavy atom. The molecule has 0 saturated heterocycles. The van der Waals surface area contributed by atoms with E-state index in [1.54, 1.807) is 12.1 Å². The van der Waals surface area contributed by atoms with Gasteiger partial charge in [-0.1, -0.05) is 11.6 Å². The van der Waals surface area contributed by atoms with Gasteiger partial charge in [0.2, 0.25) is 0 Å². The van der Waals surface area contributed by atoms with Gasteiger partial charge in [-0.2, -0.15) is 13.2 Å². The minimum Gasteiger partial charge on any atom is -0.456 e. The zero-order valence-corrected chi connectivity index (χ0v) is 15.6. The van der Waals surface area contributed by atoms with Crippen LogP contribution in [0.3, 0.4) is 0 Å². The highest BCUT2D eigenvalue weighted by atomic mass is 35.5. The van der Waals surface area contributed by atoms with Crippen LogP contribution in [0.4, 0.5) is 13.2 Å². The highest BCUT2D eigenvalue weighted by Crippen LogP contribution is 2.23. The standard InChI is InChI=1S/C18H15ClF3N3O3/c1-10-5-14(11(2)25(10)9-18(20,21)22)17(27)28-8-13-6-16(26)24-7-12(19)3-4-15(24)23-13/h3-7H,8-9H2,1-2H3. The average molecular weight is 414 g/mol. The number of halogens is 4. The van der Waals surface area contributed by atoms with E-state index in [1.165, 1.54) is 36.6 Å². The fraction of sp³-hybridized carbons (Fsp3) is 0.278. The van der Waals surface area contributed by atoms with Crippen molar-refractivity contribution in [2.24, 2.45) is 0 Å². The molecule has 10 heteroatoms. The molecule has 0 bridgehead atoms. The second-order valence-electron chi connectivity index (χ2n) is 6.22. The van der Waals surface area contributed by atoms with Gasteiger partial charge in [0, 0.05) is 23.7 Å². The van der Waals surface area contributed by atoms with E-state index >= 15 is 0 Å². The van der Waals surface area contributed by atoms with E-state index in [0.717, 1.165) is 4.57 Å². The Bertz CT molecular complexity index is 1120. The normalized spacial score (nSPS) is 11.8. The summed E-state index contributed by atoms with van der Waals surface area (Å²) in [6.45, 7) is 1.41. The zero-order valence-electron chi connectivity index (χ0n) is 14.9. The Morgan fingerprint density at radius 1 is 1.25 bits per heavy atom. The molecule has 0 spiro atoms. The Labute approximate surface area is 162 Å². The first-order chi connectivity index (χ1) is 13.0. The van der Waals surface area contributed by atoms with Crippen LogP contribution in [-0.4, -0.2) is 26.1 Å². The van der Waals surface area contributed by atoms with E-state index in [2.05, 4.69) is 4.98 Å². The zero-order chi connectivity index (χ0) is 20.6. The van der Waals surface area contributed by atoms with Crippen LogP contribution < -0.4 is 5.56 Å². The molecule has 28 heavy (non-hydrogen) atoms. The number of carbonyl (C=O) groups is 1. The smallest absolute Gasteiger partial charge is 0.406 e. The molecule has 148 valence electrons. The molecule has 0 radical (unpaired) electrons. The van der Waals surface area contributed by atoms with Crippen LogP contribution in [0.2, 0.25) is 5.02 Å². The Kier molecular flexibility index (Phi) is 5.20. The molecule has 3 rings (SSSR count). The number of hydrogen-bond acceptors (Lipinski definition) is 4. The van der Waals surface area contributed by atoms with Crippen LogP contribution in [0.5, 0.6) is 0 Å². The number of fused-ring (bicyclic) bond motifs is 1. The molecule has 0 aliphatic carbocycles. The number of aromatic nitrogens is 3. The molecule has 0 N–H and O–H groups in total. The molecule has 6 nitrogen and oxygen atoms in total. The maximum absolute atomic E-state index is 12.7. The summed E-state index contributed by atoms with van der Waals surface area (Å²) in [6.07, 6.45) is -2.99. The lowest BCUT2D eigenvalue weighted by Crippen LogP contribution is -2.20. The summed E-state index contributed by atoms with van der Waals surface area (Å²) in [5, 5.41) is 0.366. The maximum Gasteiger partial charge on any atom is 0.406 e. The van der Waals surface area contributed by atoms with Crippen molar-refractivity contribution >= 4 is 23.2 Å². The average Bonchev–Trinajstić information content (AvgIpc) is 2.87. The molecule has 3 aromatic rings. The highest BCUT2D eigenvalue weighted by molar-refractivity contribution is 6.30. The van der Waals surface area contributed by atoms with Gasteiger partial charge in [0.1, 0.15) is 18.8 Å². The molecule has 0 amide bonds. The van der Waals surface area contributed by atoms with Crippen molar-refractivity contribution < 1.29 is 22.7 Å². The number of hydrogen-bond donors (Lipinski definition) is 0. The second kappa shape index (κ2) is 7.31. The minimum atomic E-state index is -4.41. The first-order valence-electron chi connectivity index (χ1n) is 8.13. The summed E-state index contributed by atoms with van der Waals surface area (Å²) in [5.41, 5.74) is 0.616. The fourth-order valence-corrected chi connectivity index (χ4v) is 3.01. The first-order valence-corrected chi connectivity index (χ1v) is 8.51. The number of alkyl halides is 3. The summed E-state index contributed by atoms with van der Waals surface area (Å²) < 4.78 is 45.5. The van der Waals surface area contributed by atoms with Crippen LogP contribution in [-0.2, 0) is 17.9 Å². The van der Waals surface area contributed by atoms with E-state index in [1.807, 2.05) is 0 Å². The van der Waals surface area contributed by atoms with Crippen molar-refractivity contribution in [3.63, 3.8) is 0 Å². The Balaban J connectivity index is 1.79. The first kappa shape index (κ1) is 19.9. The van der Waals surface area contributed by atoms with Crippen molar-refractivity contribution in [1.29, 1.82) is 0 Å². The number of ether oxygens (including phenoxy) is 1. The van der Waals surface area contributed by atoms with Gasteiger partial charge in [0.05, 0.1) is 16.3 Å². The van der Waals surface area contributed by atoms with Gasteiger partial charge in [-0.15, -0.1) is 0 Å². The van der Waals surface area contributed by atoms with Gasteiger partial charge >= 0.3 is 12.1 Å². The van der Waals surface area contributed by atoms with Crippen molar-refractivity contribution in [1.82, 2.24) is 14.0 Å². The fourth-order valence-electron chi connectivity index (χ4n) is 2.85. The van der Waals surface area contributed by atoms with Gasteiger partial charge in [0.15, 0.2) is 0 Å². The van der Waals surface area contributed by atoms with Crippen LogP contribution in [0.1, 0.15) is 27.4 Å². The van der Waals surface area contributed by atoms with Crippen molar-refractivity contribution in [3.05, 3.63) is 68.5 Å². The lowest BCUT2D eigenvalue weighted by atomic mass is 10.2. The summed E-state index contributed by atoms with van der Waals surface area (Å²) in [7, 11) is 0. The number of carbonyl (C=O) groups excluding carboxylic acids is 1. The highest BCUT2D eigenvalue weighted by Gasteiger charge is 2.30. The van der Waals surface area contributed by atoms with Crippen LogP contribution in [0, 0.1) is 13.8 Å². The van der Waals surface area contributed by atoms with Gasteiger partial charge < -0.3 is 9.30 Å². The summed E-state index contributed by atoms with van der Waals surface area (Å²) in [4.78, 5) is 28.6. The monoisotopic (exact) mass is 413 g/mol. The Morgan fingerprint density at radius 2 is 1.96 bits per heavy atom. The topological polar surface area (TPSA) is 65.6 Å². The lowest BCUT2D eigenvalue weighted by molar-refractivity contribution is -0.141. The molecule has 0 fully saturated rings. The third kappa shape index (κ3) is 4.19. The minimum absolute atomic E-state index is 0.0334. The van der Waals surface area contributed by atoms with Gasteiger partial charge in [-0.05, 0) is 32.0 Å². The number of rotatable bonds is 4. The van der Waals surface area contributed by atoms with Crippen LogP contribution in [0.25, 0.3) is 5.65 Å². The SMILES string of the molecule is Cc1cc(C(=O)OCc2cc(=O)n3cc(Cl)ccc3n2)c(C)n1CC(F)(F)F. The maximum atomic E-state index is 12.7. The second-order valence-corrected chi connectivity index (χ2v) is 6.66. The largest absolute Gasteiger partial charge is 0.456 e. The molecular weight excluding hydrogens is 399 g/mol. The van der Waals surface area contributed by atoms with E-state index in [0.29, 0.717) is 16.4 Å². The van der Waals surface area contributed by atoms with Gasteiger partial charge in [0.25, 0.3) is 5.56 Å². The third-order valence-corrected chi connectivity index (χ3v) is 4.38. The molecule has 3 heterocycles. The van der Waals surface area contributed by atoms with Gasteiger partial charge in [-0.25, -0.2) is 9.78 Å². The molecule has 0 unspecified atom stereocenters. The molecule has 0 aliphatic heterocycles. The predicted molar refractivity (Wildman–Crippen MR) is 95.6 cm³/mol. The lowest BCUT2D eigenvalue weighted by Gasteiger charge is -2.12. The Hall–Kier alpha value is -2.81. The van der Waals surface area contributed by atoms with E-state index in [9.17, 15) is 22.8 Å². The van der Waals surface area contributed by atoms with Crippen LogP contribution >= 0.6 is 11.6 Å². The summed E-state index contributed by atoms with van der Waals surface area (Å²) in [5.74, 6) is -0.792. The number of nitrogens with zero attached hydrogens (tertiary/aromatic N) is 3. The molecule has 3 aromatic heterocycles. The van der Waals surface area contributed by atoms with E-state index < -0.39 is 24.2 Å². The molecular formula is C18H15ClF3N3O3. The third-order valence-electron chi connectivity index (χ3n) is 4.16. The quantitative estimate of drug-likeness (QED) is 0.612.